The van der Waals surface area contributed by atoms with Gasteiger partial charge in [-0.3, -0.25) is 5.01 Å². The van der Waals surface area contributed by atoms with Crippen molar-refractivity contribution in [3.63, 3.8) is 0 Å². The van der Waals surface area contributed by atoms with Crippen LogP contribution in [0.3, 0.4) is 0 Å². The molecule has 0 aliphatic heterocycles. The molecule has 0 aliphatic carbocycles. The summed E-state index contributed by atoms with van der Waals surface area (Å²) in [5.74, 6) is 6.58. The summed E-state index contributed by atoms with van der Waals surface area (Å²) in [5, 5.41) is 4.00. The van der Waals surface area contributed by atoms with E-state index >= 15 is 0 Å². The average Bonchev–Trinajstić information content (AvgIpc) is 2.34. The fraction of sp³-hybridized carbons (Fsp3) is 0.667. The minimum atomic E-state index is 0.171. The summed E-state index contributed by atoms with van der Waals surface area (Å²) >= 11 is 4.67. The number of nitrogens with zero attached hydrogens (tertiary/aromatic N) is 2. The van der Waals surface area contributed by atoms with Crippen molar-refractivity contribution in [3.8, 4) is 0 Å². The molecule has 0 spiro atoms. The molecule has 1 heterocycles. The number of hydrazine groups is 1. The van der Waals surface area contributed by atoms with E-state index in [0.29, 0.717) is 18.4 Å². The highest BCUT2D eigenvalue weighted by molar-refractivity contribution is 7.71. The first-order chi connectivity index (χ1) is 5.59. The Labute approximate surface area is 75.5 Å². The van der Waals surface area contributed by atoms with Crippen molar-refractivity contribution in [1.82, 2.24) is 10.1 Å². The number of nitrogens with one attached hydrogen (secondary N) is 1. The maximum Gasteiger partial charge on any atom is 0.315 e. The van der Waals surface area contributed by atoms with Gasteiger partial charge in [-0.25, -0.2) is 5.84 Å². The maximum absolute atomic E-state index is 5.64. The number of H-pyrrole nitrogens is 1. The lowest BCUT2D eigenvalue weighted by Crippen LogP contribution is -2.35. The topological polar surface area (TPSA) is 71.1 Å². The molecule has 0 aromatic carbocycles. The normalized spacial score (nSPS) is 10.7. The molecule has 1 aromatic rings. The molecule has 0 amide bonds. The molecule has 0 unspecified atom stereocenters. The second kappa shape index (κ2) is 3.68. The van der Waals surface area contributed by atoms with Gasteiger partial charge in [-0.1, -0.05) is 13.8 Å². The van der Waals surface area contributed by atoms with Crippen LogP contribution in [0.4, 0.5) is 5.95 Å². The van der Waals surface area contributed by atoms with Gasteiger partial charge in [-0.05, 0) is 18.1 Å². The lowest BCUT2D eigenvalue weighted by molar-refractivity contribution is 0.403. The molecule has 5 nitrogen and oxygen atoms in total. The van der Waals surface area contributed by atoms with E-state index in [1.165, 1.54) is 5.01 Å². The van der Waals surface area contributed by atoms with Crippen LogP contribution in [0.15, 0.2) is 4.52 Å². The molecule has 0 radical (unpaired) electrons. The van der Waals surface area contributed by atoms with E-state index < -0.39 is 0 Å². The van der Waals surface area contributed by atoms with Crippen LogP contribution in [0.25, 0.3) is 0 Å². The summed E-state index contributed by atoms with van der Waals surface area (Å²) in [5.41, 5.74) is 0. The quantitative estimate of drug-likeness (QED) is 0.422. The number of rotatable bonds is 3. The zero-order chi connectivity index (χ0) is 9.14. The van der Waals surface area contributed by atoms with Crippen LogP contribution in [-0.4, -0.2) is 16.7 Å². The molecule has 0 bridgehead atoms. The zero-order valence-electron chi connectivity index (χ0n) is 7.07. The summed E-state index contributed by atoms with van der Waals surface area (Å²) in [4.78, 5) is 4.03. The average molecular weight is 188 g/mol. The van der Waals surface area contributed by atoms with E-state index in [1.54, 1.807) is 0 Å². The zero-order valence-corrected chi connectivity index (χ0v) is 7.89. The summed E-state index contributed by atoms with van der Waals surface area (Å²) in [6.45, 7) is 4.83. The third kappa shape index (κ3) is 2.31. The monoisotopic (exact) mass is 188 g/mol. The van der Waals surface area contributed by atoms with E-state index in [1.807, 2.05) is 0 Å². The Kier molecular flexibility index (Phi) is 2.83. The van der Waals surface area contributed by atoms with Crippen molar-refractivity contribution in [3.05, 3.63) is 4.84 Å². The predicted molar refractivity (Wildman–Crippen MR) is 48.1 cm³/mol. The second-order valence-electron chi connectivity index (χ2n) is 2.95. The Hall–Kier alpha value is -0.880. The number of aromatic nitrogens is 2. The summed E-state index contributed by atoms with van der Waals surface area (Å²) in [7, 11) is 0. The molecular weight excluding hydrogens is 176 g/mol. The van der Waals surface area contributed by atoms with Crippen LogP contribution in [0.1, 0.15) is 13.8 Å². The van der Waals surface area contributed by atoms with Crippen LogP contribution in [0, 0.1) is 10.8 Å². The van der Waals surface area contributed by atoms with Crippen LogP contribution in [0.2, 0.25) is 0 Å². The molecular formula is C6H12N4OS. The van der Waals surface area contributed by atoms with Gasteiger partial charge >= 0.3 is 4.84 Å². The second-order valence-corrected chi connectivity index (χ2v) is 3.30. The lowest BCUT2D eigenvalue weighted by Gasteiger charge is -2.15. The molecule has 0 saturated heterocycles. The number of anilines is 1. The van der Waals surface area contributed by atoms with Gasteiger partial charge in [-0.15, -0.1) is 0 Å². The van der Waals surface area contributed by atoms with Crippen LogP contribution in [0.5, 0.6) is 0 Å². The van der Waals surface area contributed by atoms with Gasteiger partial charge in [0.25, 0.3) is 5.95 Å². The molecule has 0 saturated carbocycles. The highest BCUT2D eigenvalue weighted by Crippen LogP contribution is 2.04. The molecule has 68 valence electrons. The van der Waals surface area contributed by atoms with Crippen molar-refractivity contribution in [2.45, 2.75) is 13.8 Å². The van der Waals surface area contributed by atoms with Gasteiger partial charge in [0.2, 0.25) is 0 Å². The summed E-state index contributed by atoms with van der Waals surface area (Å²) in [6, 6.07) is 0. The summed E-state index contributed by atoms with van der Waals surface area (Å²) in [6.07, 6.45) is 0. The van der Waals surface area contributed by atoms with Gasteiger partial charge < -0.3 is 4.52 Å². The van der Waals surface area contributed by atoms with Crippen LogP contribution >= 0.6 is 12.2 Å². The molecule has 0 aliphatic rings. The molecule has 0 atom stereocenters. The van der Waals surface area contributed by atoms with Crippen molar-refractivity contribution in [1.29, 1.82) is 0 Å². The van der Waals surface area contributed by atoms with E-state index in [9.17, 15) is 0 Å². The van der Waals surface area contributed by atoms with Crippen molar-refractivity contribution in [2.24, 2.45) is 11.8 Å². The number of hydrogen-bond acceptors (Lipinski definition) is 5. The largest absolute Gasteiger partial charge is 0.346 e. The first kappa shape index (κ1) is 9.21. The third-order valence-electron chi connectivity index (χ3n) is 1.26. The maximum atomic E-state index is 5.64. The Morgan fingerprint density at radius 2 is 2.42 bits per heavy atom. The Morgan fingerprint density at radius 1 is 1.75 bits per heavy atom. The van der Waals surface area contributed by atoms with E-state index in [2.05, 4.69) is 36.2 Å². The van der Waals surface area contributed by atoms with Crippen molar-refractivity contribution in [2.75, 3.05) is 11.6 Å². The van der Waals surface area contributed by atoms with Crippen LogP contribution < -0.4 is 10.9 Å². The Balaban J connectivity index is 2.65. The van der Waals surface area contributed by atoms with E-state index in [-0.39, 0.29) is 4.84 Å². The van der Waals surface area contributed by atoms with Gasteiger partial charge in [0.1, 0.15) is 0 Å². The minimum absolute atomic E-state index is 0.171. The van der Waals surface area contributed by atoms with Gasteiger partial charge in [0, 0.05) is 6.54 Å². The molecule has 6 heteroatoms. The fourth-order valence-electron chi connectivity index (χ4n) is 0.824. The predicted octanol–water partition coefficient (Wildman–Crippen LogP) is 1.07. The SMILES string of the molecule is CC(C)CN(N)c1nc(=S)o[nH]1. The van der Waals surface area contributed by atoms with E-state index in [0.717, 1.165) is 0 Å². The molecule has 3 N–H and O–H groups in total. The number of hydrogen-bond donors (Lipinski definition) is 2. The molecule has 0 fully saturated rings. The molecule has 12 heavy (non-hydrogen) atoms. The van der Waals surface area contributed by atoms with E-state index in [4.69, 9.17) is 10.4 Å². The van der Waals surface area contributed by atoms with Gasteiger partial charge in [0.15, 0.2) is 0 Å². The smallest absolute Gasteiger partial charge is 0.315 e. The first-order valence-electron chi connectivity index (χ1n) is 3.67. The lowest BCUT2D eigenvalue weighted by atomic mass is 10.2. The highest BCUT2D eigenvalue weighted by atomic mass is 32.1. The highest BCUT2D eigenvalue weighted by Gasteiger charge is 2.06. The Morgan fingerprint density at radius 3 is 2.83 bits per heavy atom. The van der Waals surface area contributed by atoms with Gasteiger partial charge in [-0.2, -0.15) is 10.1 Å². The van der Waals surface area contributed by atoms with Gasteiger partial charge in [0.05, 0.1) is 0 Å². The Bertz CT molecular complexity index is 292. The minimum Gasteiger partial charge on any atom is -0.346 e. The van der Waals surface area contributed by atoms with Crippen molar-refractivity contribution >= 4 is 18.2 Å². The third-order valence-corrected chi connectivity index (χ3v) is 1.44. The number of nitrogens with two attached hydrogens (primary N) is 1. The number of aromatic amines is 1. The molecule has 1 rings (SSSR count). The van der Waals surface area contributed by atoms with Crippen molar-refractivity contribution < 1.29 is 4.52 Å². The fourth-order valence-corrected chi connectivity index (χ4v) is 0.952. The standard InChI is InChI=1S/C6H12N4OS/c1-4(2)3-10(7)5-8-6(12)11-9-5/h4H,3,7H2,1-2H3,(H,8,9,12). The first-order valence-corrected chi connectivity index (χ1v) is 4.08. The molecule has 1 aromatic heterocycles. The van der Waals surface area contributed by atoms with Crippen LogP contribution in [-0.2, 0) is 0 Å². The summed E-state index contributed by atoms with van der Waals surface area (Å²) < 4.78 is 4.72.